The van der Waals surface area contributed by atoms with Gasteiger partial charge in [0, 0.05) is 12.8 Å². The molecule has 0 saturated heterocycles. The van der Waals surface area contributed by atoms with Gasteiger partial charge in [0.05, 0.1) is 12.2 Å². The van der Waals surface area contributed by atoms with Crippen LogP contribution in [0.15, 0.2) is 24.3 Å². The largest absolute Gasteiger partial charge is 0.493 e. The van der Waals surface area contributed by atoms with Gasteiger partial charge in [-0.05, 0) is 30.7 Å². The van der Waals surface area contributed by atoms with Crippen molar-refractivity contribution in [3.63, 3.8) is 0 Å². The Morgan fingerprint density at radius 1 is 0.840 bits per heavy atom. The van der Waals surface area contributed by atoms with Crippen LogP contribution in [-0.4, -0.2) is 23.5 Å². The van der Waals surface area contributed by atoms with Crippen LogP contribution in [0.1, 0.15) is 87.9 Å². The van der Waals surface area contributed by atoms with Crippen LogP contribution in [0.3, 0.4) is 0 Å². The number of carboxylic acids is 1. The van der Waals surface area contributed by atoms with Gasteiger partial charge >= 0.3 is 5.97 Å². The number of ketones is 1. The Kier molecular flexibility index (Phi) is 11.4. The number of carbonyl (C=O) groups is 2. The molecule has 0 aromatic heterocycles. The standard InChI is InChI=1S/C21H32O4/c1-2-3-4-5-6-7-8-9-10-11-19(22)16-17-25-20-14-12-18(13-15-20)21(23)24/h12-15H,2-11,16-17H2,1H3,(H,23,24). The number of unbranched alkanes of at least 4 members (excludes halogenated alkanes) is 8. The molecule has 0 aliphatic carbocycles. The highest BCUT2D eigenvalue weighted by Crippen LogP contribution is 2.13. The molecular formula is C21H32O4. The summed E-state index contributed by atoms with van der Waals surface area (Å²) in [6.07, 6.45) is 12.3. The number of hydrogen-bond donors (Lipinski definition) is 1. The molecule has 0 bridgehead atoms. The Hall–Kier alpha value is -1.84. The van der Waals surface area contributed by atoms with E-state index in [0.717, 1.165) is 12.8 Å². The maximum atomic E-state index is 11.8. The maximum absolute atomic E-state index is 11.8. The van der Waals surface area contributed by atoms with Crippen LogP contribution in [0, 0.1) is 0 Å². The van der Waals surface area contributed by atoms with Gasteiger partial charge in [-0.2, -0.15) is 0 Å². The Morgan fingerprint density at radius 3 is 1.96 bits per heavy atom. The zero-order chi connectivity index (χ0) is 18.3. The molecule has 1 rings (SSSR count). The number of hydrogen-bond acceptors (Lipinski definition) is 3. The minimum absolute atomic E-state index is 0.230. The number of carboxylic acid groups (broad SMARTS) is 1. The highest BCUT2D eigenvalue weighted by atomic mass is 16.5. The van der Waals surface area contributed by atoms with Crippen LogP contribution in [0.2, 0.25) is 0 Å². The molecule has 0 spiro atoms. The van der Waals surface area contributed by atoms with Crippen molar-refractivity contribution < 1.29 is 19.4 Å². The molecule has 0 saturated carbocycles. The molecule has 1 N–H and O–H groups in total. The highest BCUT2D eigenvalue weighted by molar-refractivity contribution is 5.87. The van der Waals surface area contributed by atoms with Crippen LogP contribution >= 0.6 is 0 Å². The van der Waals surface area contributed by atoms with Gasteiger partial charge < -0.3 is 9.84 Å². The fraction of sp³-hybridized carbons (Fsp3) is 0.619. The molecule has 0 unspecified atom stereocenters. The molecule has 4 heteroatoms. The second-order valence-electron chi connectivity index (χ2n) is 6.55. The van der Waals surface area contributed by atoms with E-state index in [1.165, 1.54) is 57.1 Å². The Morgan fingerprint density at radius 2 is 1.40 bits per heavy atom. The molecule has 0 fully saturated rings. The van der Waals surface area contributed by atoms with E-state index < -0.39 is 5.97 Å². The van der Waals surface area contributed by atoms with Crippen LogP contribution in [0.4, 0.5) is 0 Å². The van der Waals surface area contributed by atoms with Crippen LogP contribution in [0.5, 0.6) is 5.75 Å². The average molecular weight is 348 g/mol. The third kappa shape index (κ3) is 10.6. The molecule has 0 radical (unpaired) electrons. The quantitative estimate of drug-likeness (QED) is 0.416. The summed E-state index contributed by atoms with van der Waals surface area (Å²) in [6, 6.07) is 6.24. The number of ether oxygens (including phenoxy) is 1. The molecular weight excluding hydrogens is 316 g/mol. The van der Waals surface area contributed by atoms with E-state index in [0.29, 0.717) is 25.2 Å². The van der Waals surface area contributed by atoms with Crippen LogP contribution < -0.4 is 4.74 Å². The fourth-order valence-electron chi connectivity index (χ4n) is 2.73. The van der Waals surface area contributed by atoms with Gasteiger partial charge in [-0.1, -0.05) is 58.3 Å². The van der Waals surface area contributed by atoms with Crippen LogP contribution in [-0.2, 0) is 4.79 Å². The first-order valence-electron chi connectivity index (χ1n) is 9.61. The summed E-state index contributed by atoms with van der Waals surface area (Å²) < 4.78 is 5.49. The van der Waals surface area contributed by atoms with Gasteiger partial charge in [-0.25, -0.2) is 4.79 Å². The topological polar surface area (TPSA) is 63.6 Å². The third-order valence-corrected chi connectivity index (χ3v) is 4.31. The Labute approximate surface area is 151 Å². The van der Waals surface area contributed by atoms with Crippen molar-refractivity contribution in [2.75, 3.05) is 6.61 Å². The van der Waals surface area contributed by atoms with E-state index >= 15 is 0 Å². The van der Waals surface area contributed by atoms with Crippen molar-refractivity contribution in [3.05, 3.63) is 29.8 Å². The lowest BCUT2D eigenvalue weighted by Crippen LogP contribution is -2.06. The molecule has 0 atom stereocenters. The highest BCUT2D eigenvalue weighted by Gasteiger charge is 2.04. The van der Waals surface area contributed by atoms with Gasteiger partial charge in [0.25, 0.3) is 0 Å². The lowest BCUT2D eigenvalue weighted by atomic mass is 10.0. The van der Waals surface area contributed by atoms with Crippen molar-refractivity contribution in [1.82, 2.24) is 0 Å². The summed E-state index contributed by atoms with van der Waals surface area (Å²) in [4.78, 5) is 22.6. The summed E-state index contributed by atoms with van der Waals surface area (Å²) >= 11 is 0. The minimum atomic E-state index is -0.956. The predicted octanol–water partition coefficient (Wildman–Crippen LogP) is 5.64. The van der Waals surface area contributed by atoms with Gasteiger partial charge in [0.1, 0.15) is 11.5 Å². The summed E-state index contributed by atoms with van der Waals surface area (Å²) in [5.41, 5.74) is 0.230. The van der Waals surface area contributed by atoms with E-state index in [-0.39, 0.29) is 11.3 Å². The first-order chi connectivity index (χ1) is 12.1. The molecule has 25 heavy (non-hydrogen) atoms. The van der Waals surface area contributed by atoms with Gasteiger partial charge in [0.2, 0.25) is 0 Å². The number of rotatable bonds is 15. The maximum Gasteiger partial charge on any atom is 0.335 e. The molecule has 1 aromatic carbocycles. The lowest BCUT2D eigenvalue weighted by molar-refractivity contribution is -0.119. The van der Waals surface area contributed by atoms with Crippen molar-refractivity contribution in [3.8, 4) is 5.75 Å². The third-order valence-electron chi connectivity index (χ3n) is 4.31. The zero-order valence-corrected chi connectivity index (χ0v) is 15.5. The summed E-state index contributed by atoms with van der Waals surface area (Å²) in [6.45, 7) is 2.58. The smallest absolute Gasteiger partial charge is 0.335 e. The fourth-order valence-corrected chi connectivity index (χ4v) is 2.73. The summed E-state index contributed by atoms with van der Waals surface area (Å²) in [7, 11) is 0. The minimum Gasteiger partial charge on any atom is -0.493 e. The Bertz CT molecular complexity index is 493. The van der Waals surface area contributed by atoms with Gasteiger partial charge in [-0.3, -0.25) is 4.79 Å². The molecule has 1 aromatic rings. The average Bonchev–Trinajstić information content (AvgIpc) is 2.61. The lowest BCUT2D eigenvalue weighted by Gasteiger charge is -2.06. The molecule has 0 aliphatic heterocycles. The van der Waals surface area contributed by atoms with E-state index in [1.807, 2.05) is 0 Å². The Balaban J connectivity index is 1.99. The van der Waals surface area contributed by atoms with E-state index in [9.17, 15) is 9.59 Å². The number of Topliss-reactive ketones (excluding diaryl/α,β-unsaturated/α-hetero) is 1. The SMILES string of the molecule is CCCCCCCCCCCC(=O)CCOc1ccc(C(=O)O)cc1. The van der Waals surface area contributed by atoms with Crippen molar-refractivity contribution >= 4 is 11.8 Å². The number of aromatic carboxylic acids is 1. The number of benzene rings is 1. The van der Waals surface area contributed by atoms with Crippen molar-refractivity contribution in [1.29, 1.82) is 0 Å². The first-order valence-corrected chi connectivity index (χ1v) is 9.61. The predicted molar refractivity (Wildman–Crippen MR) is 100 cm³/mol. The first kappa shape index (κ1) is 21.2. The normalized spacial score (nSPS) is 10.6. The second kappa shape index (κ2) is 13.5. The molecule has 140 valence electrons. The summed E-state index contributed by atoms with van der Waals surface area (Å²) in [5, 5.41) is 8.82. The summed E-state index contributed by atoms with van der Waals surface area (Å²) in [5.74, 6) is -0.117. The van der Waals surface area contributed by atoms with E-state index in [4.69, 9.17) is 9.84 Å². The van der Waals surface area contributed by atoms with E-state index in [2.05, 4.69) is 6.92 Å². The molecule has 0 aliphatic rings. The molecule has 0 amide bonds. The van der Waals surface area contributed by atoms with Crippen LogP contribution in [0.25, 0.3) is 0 Å². The monoisotopic (exact) mass is 348 g/mol. The van der Waals surface area contributed by atoms with Gasteiger partial charge in [0.15, 0.2) is 0 Å². The van der Waals surface area contributed by atoms with Gasteiger partial charge in [-0.15, -0.1) is 0 Å². The van der Waals surface area contributed by atoms with Crippen molar-refractivity contribution in [2.45, 2.75) is 77.6 Å². The number of carbonyl (C=O) groups excluding carboxylic acids is 1. The molecule has 4 nitrogen and oxygen atoms in total. The van der Waals surface area contributed by atoms with E-state index in [1.54, 1.807) is 12.1 Å². The molecule has 0 heterocycles. The second-order valence-corrected chi connectivity index (χ2v) is 6.55. The zero-order valence-electron chi connectivity index (χ0n) is 15.5. The van der Waals surface area contributed by atoms with Crippen molar-refractivity contribution in [2.24, 2.45) is 0 Å².